The van der Waals surface area contributed by atoms with Crippen molar-refractivity contribution in [2.45, 2.75) is 51.0 Å². The minimum Gasteiger partial charge on any atom is -0.370 e. The third-order valence-electron chi connectivity index (χ3n) is 4.03. The van der Waals surface area contributed by atoms with E-state index in [2.05, 4.69) is 24.0 Å². The van der Waals surface area contributed by atoms with E-state index < -0.39 is 0 Å². The van der Waals surface area contributed by atoms with Gasteiger partial charge < -0.3 is 15.0 Å². The van der Waals surface area contributed by atoms with Gasteiger partial charge >= 0.3 is 0 Å². The lowest BCUT2D eigenvalue weighted by molar-refractivity contribution is -0.0178. The zero-order valence-electron chi connectivity index (χ0n) is 11.5. The maximum absolute atomic E-state index is 5.77. The average molecular weight is 253 g/mol. The van der Waals surface area contributed by atoms with Crippen LogP contribution >= 0.6 is 0 Å². The van der Waals surface area contributed by atoms with Gasteiger partial charge in [0.05, 0.1) is 5.92 Å². The number of nitrogens with zero attached hydrogens (tertiary/aromatic N) is 2. The molecule has 0 bridgehead atoms. The number of ether oxygens (including phenoxy) is 1. The third-order valence-corrected chi connectivity index (χ3v) is 4.03. The van der Waals surface area contributed by atoms with Gasteiger partial charge in [0.15, 0.2) is 0 Å². The van der Waals surface area contributed by atoms with Crippen LogP contribution < -0.4 is 5.73 Å². The zero-order chi connectivity index (χ0) is 13.2. The quantitative estimate of drug-likeness (QED) is 0.870. The SMILES string of the molecule is COC1(c2noc(C(CN)C(C)C)n2)CCCC1. The maximum Gasteiger partial charge on any atom is 0.231 e. The number of methoxy groups -OCH3 is 1. The lowest BCUT2D eigenvalue weighted by Crippen LogP contribution is -2.26. The summed E-state index contributed by atoms with van der Waals surface area (Å²) in [7, 11) is 1.73. The normalized spacial score (nSPS) is 20.5. The number of nitrogens with two attached hydrogens (primary N) is 1. The van der Waals surface area contributed by atoms with Gasteiger partial charge in [-0.3, -0.25) is 0 Å². The molecule has 1 heterocycles. The minimum atomic E-state index is -0.335. The fourth-order valence-electron chi connectivity index (χ4n) is 2.69. The standard InChI is InChI=1S/C13H23N3O2/c1-9(2)10(8-14)11-15-12(16-18-11)13(17-3)6-4-5-7-13/h9-10H,4-8,14H2,1-3H3. The van der Waals surface area contributed by atoms with Crippen LogP contribution in [-0.4, -0.2) is 23.8 Å². The van der Waals surface area contributed by atoms with Crippen molar-refractivity contribution < 1.29 is 9.26 Å². The molecule has 0 spiro atoms. The van der Waals surface area contributed by atoms with E-state index >= 15 is 0 Å². The van der Waals surface area contributed by atoms with Gasteiger partial charge in [-0.15, -0.1) is 0 Å². The molecule has 1 fully saturated rings. The highest BCUT2D eigenvalue weighted by atomic mass is 16.5. The van der Waals surface area contributed by atoms with Crippen LogP contribution in [0.1, 0.15) is 57.2 Å². The van der Waals surface area contributed by atoms with Crippen LogP contribution in [0.25, 0.3) is 0 Å². The van der Waals surface area contributed by atoms with Gasteiger partial charge in [0.2, 0.25) is 11.7 Å². The van der Waals surface area contributed by atoms with Crippen LogP contribution in [0.4, 0.5) is 0 Å². The largest absolute Gasteiger partial charge is 0.370 e. The summed E-state index contributed by atoms with van der Waals surface area (Å²) in [5.41, 5.74) is 5.44. The molecule has 0 aromatic carbocycles. The number of hydrogen-bond donors (Lipinski definition) is 1. The Balaban J connectivity index is 2.24. The molecule has 0 saturated heterocycles. The predicted molar refractivity (Wildman–Crippen MR) is 68.1 cm³/mol. The molecule has 1 aliphatic carbocycles. The molecular formula is C13H23N3O2. The average Bonchev–Trinajstić information content (AvgIpc) is 2.98. The maximum atomic E-state index is 5.77. The first-order valence-corrected chi connectivity index (χ1v) is 6.72. The highest BCUT2D eigenvalue weighted by molar-refractivity contribution is 5.06. The zero-order valence-corrected chi connectivity index (χ0v) is 11.5. The fourth-order valence-corrected chi connectivity index (χ4v) is 2.69. The monoisotopic (exact) mass is 253 g/mol. The smallest absolute Gasteiger partial charge is 0.231 e. The molecule has 1 atom stereocenters. The molecule has 0 aliphatic heterocycles. The van der Waals surface area contributed by atoms with Crippen LogP contribution in [0.5, 0.6) is 0 Å². The van der Waals surface area contributed by atoms with Gasteiger partial charge in [-0.2, -0.15) is 4.98 Å². The lowest BCUT2D eigenvalue weighted by atomic mass is 9.96. The Morgan fingerprint density at radius 3 is 2.56 bits per heavy atom. The van der Waals surface area contributed by atoms with Crippen LogP contribution in [0.15, 0.2) is 4.52 Å². The summed E-state index contributed by atoms with van der Waals surface area (Å²) in [6.07, 6.45) is 4.25. The van der Waals surface area contributed by atoms with Gasteiger partial charge in [-0.1, -0.05) is 19.0 Å². The van der Waals surface area contributed by atoms with E-state index in [0.717, 1.165) is 25.7 Å². The van der Waals surface area contributed by atoms with Gasteiger partial charge in [0.25, 0.3) is 0 Å². The third kappa shape index (κ3) is 2.29. The topological polar surface area (TPSA) is 74.2 Å². The van der Waals surface area contributed by atoms with Crippen LogP contribution in [0.3, 0.4) is 0 Å². The molecule has 1 unspecified atom stereocenters. The molecule has 1 aliphatic rings. The molecule has 5 nitrogen and oxygen atoms in total. The first-order valence-electron chi connectivity index (χ1n) is 6.72. The summed E-state index contributed by atoms with van der Waals surface area (Å²) in [5.74, 6) is 1.86. The van der Waals surface area contributed by atoms with Gasteiger partial charge in [-0.25, -0.2) is 0 Å². The molecule has 2 rings (SSSR count). The van der Waals surface area contributed by atoms with Gasteiger partial charge in [-0.05, 0) is 31.6 Å². The van der Waals surface area contributed by atoms with E-state index in [4.69, 9.17) is 15.0 Å². The second kappa shape index (κ2) is 5.36. The Morgan fingerprint density at radius 1 is 1.39 bits per heavy atom. The van der Waals surface area contributed by atoms with Crippen LogP contribution in [-0.2, 0) is 10.3 Å². The van der Waals surface area contributed by atoms with Crippen molar-refractivity contribution in [2.24, 2.45) is 11.7 Å². The van der Waals surface area contributed by atoms with Crippen molar-refractivity contribution in [3.63, 3.8) is 0 Å². The first kappa shape index (κ1) is 13.5. The molecule has 0 amide bonds. The first-order chi connectivity index (χ1) is 8.63. The molecule has 5 heteroatoms. The summed E-state index contributed by atoms with van der Waals surface area (Å²) in [5, 5.41) is 4.13. The Labute approximate surface area is 108 Å². The molecule has 1 saturated carbocycles. The molecule has 18 heavy (non-hydrogen) atoms. The van der Waals surface area contributed by atoms with Crippen molar-refractivity contribution in [3.8, 4) is 0 Å². The van der Waals surface area contributed by atoms with Crippen molar-refractivity contribution in [1.29, 1.82) is 0 Å². The number of aromatic nitrogens is 2. The minimum absolute atomic E-state index is 0.126. The molecule has 2 N–H and O–H groups in total. The summed E-state index contributed by atoms with van der Waals surface area (Å²) in [6.45, 7) is 4.76. The van der Waals surface area contributed by atoms with E-state index in [1.807, 2.05) is 0 Å². The van der Waals surface area contributed by atoms with Gasteiger partial charge in [0, 0.05) is 13.7 Å². The second-order valence-electron chi connectivity index (χ2n) is 5.45. The molecule has 0 radical (unpaired) electrons. The number of hydrogen-bond acceptors (Lipinski definition) is 5. The Morgan fingerprint density at radius 2 is 2.06 bits per heavy atom. The molecular weight excluding hydrogens is 230 g/mol. The van der Waals surface area contributed by atoms with Crippen LogP contribution in [0.2, 0.25) is 0 Å². The molecule has 1 aromatic heterocycles. The summed E-state index contributed by atoms with van der Waals surface area (Å²) in [4.78, 5) is 4.54. The summed E-state index contributed by atoms with van der Waals surface area (Å²) < 4.78 is 11.1. The van der Waals surface area contributed by atoms with E-state index in [1.54, 1.807) is 7.11 Å². The summed E-state index contributed by atoms with van der Waals surface area (Å²) >= 11 is 0. The Bertz CT molecular complexity index is 383. The van der Waals surface area contributed by atoms with E-state index in [-0.39, 0.29) is 11.5 Å². The van der Waals surface area contributed by atoms with Crippen molar-refractivity contribution >= 4 is 0 Å². The van der Waals surface area contributed by atoms with Crippen molar-refractivity contribution in [2.75, 3.05) is 13.7 Å². The number of rotatable bonds is 5. The Kier molecular flexibility index (Phi) is 4.02. The van der Waals surface area contributed by atoms with Gasteiger partial charge in [0.1, 0.15) is 5.60 Å². The highest BCUT2D eigenvalue weighted by Crippen LogP contribution is 2.40. The van der Waals surface area contributed by atoms with E-state index in [0.29, 0.717) is 24.2 Å². The molecule has 102 valence electrons. The lowest BCUT2D eigenvalue weighted by Gasteiger charge is -2.22. The fraction of sp³-hybridized carbons (Fsp3) is 0.846. The van der Waals surface area contributed by atoms with Crippen molar-refractivity contribution in [3.05, 3.63) is 11.7 Å². The van der Waals surface area contributed by atoms with E-state index in [1.165, 1.54) is 0 Å². The predicted octanol–water partition coefficient (Wildman–Crippen LogP) is 2.18. The van der Waals surface area contributed by atoms with Crippen LogP contribution in [0, 0.1) is 5.92 Å². The Hall–Kier alpha value is -0.940. The van der Waals surface area contributed by atoms with Crippen molar-refractivity contribution in [1.82, 2.24) is 10.1 Å². The highest BCUT2D eigenvalue weighted by Gasteiger charge is 2.40. The molecule has 1 aromatic rings. The van der Waals surface area contributed by atoms with E-state index in [9.17, 15) is 0 Å². The summed E-state index contributed by atoms with van der Waals surface area (Å²) in [6, 6.07) is 0. The second-order valence-corrected chi connectivity index (χ2v) is 5.45.